The molecular weight excluding hydrogens is 478 g/mol. The minimum Gasteiger partial charge on any atom is -0.481 e. The Morgan fingerprint density at radius 1 is 1.05 bits per heavy atom. The fraction of sp³-hybridized carbons (Fsp3) is 0.259. The monoisotopic (exact) mass is 504 g/mol. The number of carbonyl (C=O) groups excluding carboxylic acids is 1. The van der Waals surface area contributed by atoms with Gasteiger partial charge in [-0.25, -0.2) is 23.7 Å². The number of anilines is 3. The largest absolute Gasteiger partial charge is 0.481 e. The van der Waals surface area contributed by atoms with Crippen molar-refractivity contribution in [1.29, 1.82) is 0 Å². The molecule has 5 rings (SSSR count). The number of carbonyl (C=O) groups is 1. The van der Waals surface area contributed by atoms with Gasteiger partial charge in [-0.3, -0.25) is 4.79 Å². The second-order valence-electron chi connectivity index (χ2n) is 9.09. The van der Waals surface area contributed by atoms with E-state index in [9.17, 15) is 13.6 Å². The van der Waals surface area contributed by atoms with Crippen LogP contribution in [0.3, 0.4) is 0 Å². The second-order valence-corrected chi connectivity index (χ2v) is 9.09. The van der Waals surface area contributed by atoms with Gasteiger partial charge in [-0.1, -0.05) is 24.3 Å². The molecule has 0 bridgehead atoms. The summed E-state index contributed by atoms with van der Waals surface area (Å²) >= 11 is 0. The lowest BCUT2D eigenvalue weighted by Crippen LogP contribution is -2.16. The van der Waals surface area contributed by atoms with Gasteiger partial charge in [-0.05, 0) is 36.1 Å². The molecule has 1 saturated carbocycles. The summed E-state index contributed by atoms with van der Waals surface area (Å²) in [6.45, 7) is 0.752. The molecule has 190 valence electrons. The summed E-state index contributed by atoms with van der Waals surface area (Å²) in [5.74, 6) is -3.17. The van der Waals surface area contributed by atoms with Crippen molar-refractivity contribution in [2.45, 2.75) is 38.2 Å². The van der Waals surface area contributed by atoms with Crippen LogP contribution in [-0.4, -0.2) is 32.5 Å². The molecule has 0 spiro atoms. The minimum atomic E-state index is -3.16. The van der Waals surface area contributed by atoms with E-state index < -0.39 is 11.5 Å². The van der Waals surface area contributed by atoms with Crippen molar-refractivity contribution in [3.8, 4) is 17.0 Å². The Labute approximate surface area is 212 Å². The van der Waals surface area contributed by atoms with Gasteiger partial charge in [0.05, 0.1) is 36.7 Å². The molecule has 3 heterocycles. The zero-order chi connectivity index (χ0) is 26.0. The molecule has 1 fully saturated rings. The first kappa shape index (κ1) is 24.4. The molecule has 1 aromatic carbocycles. The normalized spacial score (nSPS) is 13.3. The predicted octanol–water partition coefficient (Wildman–Crippen LogP) is 5.72. The summed E-state index contributed by atoms with van der Waals surface area (Å²) in [5.41, 5.74) is 3.25. The first-order chi connectivity index (χ1) is 17.8. The van der Waals surface area contributed by atoms with Crippen LogP contribution in [0, 0.1) is 0 Å². The van der Waals surface area contributed by atoms with E-state index in [0.29, 0.717) is 12.0 Å². The van der Waals surface area contributed by atoms with Crippen LogP contribution in [0.1, 0.15) is 36.9 Å². The van der Waals surface area contributed by atoms with E-state index in [-0.39, 0.29) is 23.9 Å². The Bertz CT molecular complexity index is 1390. The average molecular weight is 505 g/mol. The maximum Gasteiger partial charge on any atom is 0.275 e. The summed E-state index contributed by atoms with van der Waals surface area (Å²) < 4.78 is 34.8. The quantitative estimate of drug-likeness (QED) is 0.303. The minimum absolute atomic E-state index is 0.0734. The van der Waals surface area contributed by atoms with Gasteiger partial charge in [0.15, 0.2) is 0 Å². The first-order valence-corrected chi connectivity index (χ1v) is 11.9. The molecule has 0 unspecified atom stereocenters. The Morgan fingerprint density at radius 2 is 1.78 bits per heavy atom. The number of halogens is 2. The molecule has 3 aromatic heterocycles. The summed E-state index contributed by atoms with van der Waals surface area (Å²) in [5, 5.41) is 5.83. The van der Waals surface area contributed by atoms with E-state index in [1.54, 1.807) is 12.4 Å². The SMILES string of the molecule is COc1ncc(NC(=O)Cc2ccc(-c3cnc(Nc4ccn(C5CC5)c4)nc3)cc2)cc1C(C)(F)F. The molecule has 1 aliphatic rings. The topological polar surface area (TPSA) is 94.0 Å². The predicted molar refractivity (Wildman–Crippen MR) is 136 cm³/mol. The van der Waals surface area contributed by atoms with Gasteiger partial charge < -0.3 is 19.9 Å². The third-order valence-electron chi connectivity index (χ3n) is 6.04. The van der Waals surface area contributed by atoms with Gasteiger partial charge >= 0.3 is 0 Å². The Kier molecular flexibility index (Phi) is 6.56. The van der Waals surface area contributed by atoms with Crippen molar-refractivity contribution in [2.24, 2.45) is 0 Å². The van der Waals surface area contributed by atoms with E-state index >= 15 is 0 Å². The van der Waals surface area contributed by atoms with Crippen LogP contribution in [0.15, 0.2) is 67.4 Å². The number of nitrogens with one attached hydrogen (secondary N) is 2. The van der Waals surface area contributed by atoms with Gasteiger partial charge in [-0.15, -0.1) is 0 Å². The van der Waals surface area contributed by atoms with Crippen molar-refractivity contribution in [1.82, 2.24) is 19.5 Å². The van der Waals surface area contributed by atoms with Gasteiger partial charge in [0, 0.05) is 43.3 Å². The molecule has 1 amide bonds. The van der Waals surface area contributed by atoms with Crippen molar-refractivity contribution in [3.63, 3.8) is 0 Å². The molecular formula is C27H26F2N6O2. The number of alkyl halides is 2. The number of benzene rings is 1. The second kappa shape index (κ2) is 9.96. The number of aromatic nitrogens is 4. The average Bonchev–Trinajstić information content (AvgIpc) is 3.63. The molecule has 0 radical (unpaired) electrons. The third-order valence-corrected chi connectivity index (χ3v) is 6.04. The number of pyridine rings is 1. The lowest BCUT2D eigenvalue weighted by molar-refractivity contribution is -0.115. The molecule has 1 aliphatic carbocycles. The number of hydrogen-bond acceptors (Lipinski definition) is 6. The molecule has 2 N–H and O–H groups in total. The molecule has 0 aliphatic heterocycles. The van der Waals surface area contributed by atoms with Crippen LogP contribution in [0.5, 0.6) is 5.88 Å². The number of methoxy groups -OCH3 is 1. The van der Waals surface area contributed by atoms with Crippen molar-refractivity contribution in [3.05, 3.63) is 78.5 Å². The maximum atomic E-state index is 13.8. The maximum absolute atomic E-state index is 13.8. The van der Waals surface area contributed by atoms with Crippen LogP contribution in [0.4, 0.5) is 26.1 Å². The molecule has 4 aromatic rings. The van der Waals surface area contributed by atoms with E-state index in [1.165, 1.54) is 32.2 Å². The number of ether oxygens (including phenoxy) is 1. The standard InChI is InChI=1S/C27H26F2N6O2/c1-27(28,29)23-12-21(15-30-25(23)37-2)33-24(36)11-17-3-5-18(6-4-17)19-13-31-26(32-14-19)34-20-9-10-35(16-20)22-7-8-22/h3-6,9-10,12-16,22H,7-8,11H2,1-2H3,(H,33,36)(H,31,32,34). The fourth-order valence-electron chi connectivity index (χ4n) is 3.96. The lowest BCUT2D eigenvalue weighted by Gasteiger charge is -2.15. The summed E-state index contributed by atoms with van der Waals surface area (Å²) in [4.78, 5) is 25.2. The number of nitrogens with zero attached hydrogens (tertiary/aromatic N) is 4. The number of hydrogen-bond donors (Lipinski definition) is 2. The van der Waals surface area contributed by atoms with Gasteiger partial charge in [0.2, 0.25) is 17.7 Å². The Hall–Kier alpha value is -4.34. The van der Waals surface area contributed by atoms with Crippen LogP contribution >= 0.6 is 0 Å². The first-order valence-electron chi connectivity index (χ1n) is 11.9. The molecule has 0 atom stereocenters. The summed E-state index contributed by atoms with van der Waals surface area (Å²) in [6.07, 6.45) is 11.4. The van der Waals surface area contributed by atoms with Gasteiger partial charge in [-0.2, -0.15) is 0 Å². The highest BCUT2D eigenvalue weighted by molar-refractivity contribution is 5.92. The van der Waals surface area contributed by atoms with E-state index in [4.69, 9.17) is 4.74 Å². The highest BCUT2D eigenvalue weighted by Crippen LogP contribution is 2.36. The van der Waals surface area contributed by atoms with E-state index in [1.807, 2.05) is 30.3 Å². The fourth-order valence-corrected chi connectivity index (χ4v) is 3.96. The van der Waals surface area contributed by atoms with Crippen molar-refractivity contribution >= 4 is 23.2 Å². The highest BCUT2D eigenvalue weighted by atomic mass is 19.3. The van der Waals surface area contributed by atoms with E-state index in [2.05, 4.69) is 42.5 Å². The lowest BCUT2D eigenvalue weighted by atomic mass is 10.0. The van der Waals surface area contributed by atoms with E-state index in [0.717, 1.165) is 29.3 Å². The molecule has 8 nitrogen and oxygen atoms in total. The highest BCUT2D eigenvalue weighted by Gasteiger charge is 2.30. The van der Waals surface area contributed by atoms with Crippen LogP contribution in [0.2, 0.25) is 0 Å². The Morgan fingerprint density at radius 3 is 2.43 bits per heavy atom. The van der Waals surface area contributed by atoms with Crippen molar-refractivity contribution in [2.75, 3.05) is 17.7 Å². The van der Waals surface area contributed by atoms with Crippen LogP contribution < -0.4 is 15.4 Å². The number of amides is 1. The van der Waals surface area contributed by atoms with Crippen LogP contribution in [0.25, 0.3) is 11.1 Å². The smallest absolute Gasteiger partial charge is 0.275 e. The summed E-state index contributed by atoms with van der Waals surface area (Å²) in [6, 6.07) is 11.2. The molecule has 10 heteroatoms. The van der Waals surface area contributed by atoms with Gasteiger partial charge in [0.1, 0.15) is 0 Å². The number of rotatable bonds is 9. The summed E-state index contributed by atoms with van der Waals surface area (Å²) in [7, 11) is 1.27. The Balaban J connectivity index is 1.19. The van der Waals surface area contributed by atoms with Gasteiger partial charge in [0.25, 0.3) is 5.92 Å². The third kappa shape index (κ3) is 5.91. The zero-order valence-corrected chi connectivity index (χ0v) is 20.4. The van der Waals surface area contributed by atoms with Crippen LogP contribution in [-0.2, 0) is 17.1 Å². The molecule has 0 saturated heterocycles. The zero-order valence-electron chi connectivity index (χ0n) is 20.4. The molecule has 37 heavy (non-hydrogen) atoms. The van der Waals surface area contributed by atoms with Crippen molar-refractivity contribution < 1.29 is 18.3 Å².